The maximum Gasteiger partial charge on any atom is 0.242 e. The van der Waals surface area contributed by atoms with Gasteiger partial charge in [-0.2, -0.15) is 5.26 Å². The Labute approximate surface area is 195 Å². The average Bonchev–Trinajstić information content (AvgIpc) is 3.46. The van der Waals surface area contributed by atoms with Crippen molar-refractivity contribution in [2.24, 2.45) is 0 Å². The molecule has 5 rings (SSSR count). The number of hydrogen-bond donors (Lipinski definition) is 2. The van der Waals surface area contributed by atoms with E-state index in [0.717, 1.165) is 37.2 Å². The lowest BCUT2D eigenvalue weighted by Crippen LogP contribution is -2.22. The van der Waals surface area contributed by atoms with E-state index < -0.39 is 10.0 Å². The number of H-pyrrole nitrogens is 1. The predicted molar refractivity (Wildman–Crippen MR) is 132 cm³/mol. The molecule has 2 aromatic carbocycles. The molecule has 0 saturated carbocycles. The van der Waals surface area contributed by atoms with Crippen LogP contribution in [0.4, 0.5) is 11.4 Å². The van der Waals surface area contributed by atoms with Crippen molar-refractivity contribution in [2.45, 2.75) is 4.90 Å². The summed E-state index contributed by atoms with van der Waals surface area (Å²) in [4.78, 5) is 9.61. The summed E-state index contributed by atoms with van der Waals surface area (Å²) in [6.07, 6.45) is 3.46. The highest BCUT2D eigenvalue weighted by atomic mass is 32.2. The van der Waals surface area contributed by atoms with E-state index in [1.54, 1.807) is 30.5 Å². The Balaban J connectivity index is 1.56. The standard InChI is InChI=1S/C24H19N5O2S2/c1-29(2)33(30,31)19-6-3-15(4-7-19)22-12-20-23(17(13-25)14-27-24(20)32-22)28-18-5-8-21-16(11-18)9-10-26-21/h3-12,14,26H,1-2H3,(H,27,28). The van der Waals surface area contributed by atoms with Crippen molar-refractivity contribution in [1.82, 2.24) is 14.3 Å². The van der Waals surface area contributed by atoms with E-state index in [-0.39, 0.29) is 4.90 Å². The van der Waals surface area contributed by atoms with Gasteiger partial charge in [-0.3, -0.25) is 0 Å². The van der Waals surface area contributed by atoms with Gasteiger partial charge in [0.2, 0.25) is 10.0 Å². The molecule has 0 spiro atoms. The van der Waals surface area contributed by atoms with Crippen LogP contribution in [0.25, 0.3) is 31.6 Å². The Morgan fingerprint density at radius 3 is 2.61 bits per heavy atom. The van der Waals surface area contributed by atoms with E-state index in [4.69, 9.17) is 0 Å². The number of thiophene rings is 1. The highest BCUT2D eigenvalue weighted by Crippen LogP contribution is 2.39. The van der Waals surface area contributed by atoms with Crippen molar-refractivity contribution in [3.63, 3.8) is 0 Å². The third kappa shape index (κ3) is 3.74. The monoisotopic (exact) mass is 473 g/mol. The van der Waals surface area contributed by atoms with Crippen molar-refractivity contribution < 1.29 is 8.42 Å². The van der Waals surface area contributed by atoms with Gasteiger partial charge in [-0.1, -0.05) is 12.1 Å². The second kappa shape index (κ2) is 8.01. The van der Waals surface area contributed by atoms with Gasteiger partial charge in [0.15, 0.2) is 0 Å². The minimum Gasteiger partial charge on any atom is -0.361 e. The molecule has 33 heavy (non-hydrogen) atoms. The summed E-state index contributed by atoms with van der Waals surface area (Å²) >= 11 is 1.49. The fourth-order valence-electron chi connectivity index (χ4n) is 3.63. The third-order valence-electron chi connectivity index (χ3n) is 5.42. The fourth-order valence-corrected chi connectivity index (χ4v) is 5.55. The molecule has 0 saturated heterocycles. The van der Waals surface area contributed by atoms with Crippen LogP contribution in [0.1, 0.15) is 5.56 Å². The van der Waals surface area contributed by atoms with Gasteiger partial charge in [0.25, 0.3) is 0 Å². The van der Waals surface area contributed by atoms with Crippen molar-refractivity contribution in [1.29, 1.82) is 5.26 Å². The van der Waals surface area contributed by atoms with Crippen LogP contribution in [0.15, 0.2) is 71.9 Å². The summed E-state index contributed by atoms with van der Waals surface area (Å²) < 4.78 is 25.9. The van der Waals surface area contributed by atoms with Crippen LogP contribution >= 0.6 is 11.3 Å². The van der Waals surface area contributed by atoms with Gasteiger partial charge in [0.1, 0.15) is 10.9 Å². The smallest absolute Gasteiger partial charge is 0.242 e. The molecule has 2 N–H and O–H groups in total. The molecule has 0 aliphatic carbocycles. The van der Waals surface area contributed by atoms with Gasteiger partial charge in [0.05, 0.1) is 16.1 Å². The molecular formula is C24H19N5O2S2. The van der Waals surface area contributed by atoms with E-state index in [9.17, 15) is 13.7 Å². The van der Waals surface area contributed by atoms with E-state index in [0.29, 0.717) is 11.3 Å². The molecule has 7 nitrogen and oxygen atoms in total. The van der Waals surface area contributed by atoms with Crippen molar-refractivity contribution in [3.8, 4) is 16.5 Å². The fraction of sp³-hybridized carbons (Fsp3) is 0.0833. The largest absolute Gasteiger partial charge is 0.361 e. The van der Waals surface area contributed by atoms with Crippen molar-refractivity contribution in [3.05, 3.63) is 72.6 Å². The molecule has 0 bridgehead atoms. The molecule has 0 unspecified atom stereocenters. The average molecular weight is 474 g/mol. The first kappa shape index (κ1) is 21.2. The maximum absolute atomic E-state index is 12.4. The quantitative estimate of drug-likeness (QED) is 0.360. The van der Waals surface area contributed by atoms with Gasteiger partial charge in [0, 0.05) is 53.3 Å². The first-order valence-electron chi connectivity index (χ1n) is 10.1. The molecule has 0 amide bonds. The van der Waals surface area contributed by atoms with Gasteiger partial charge >= 0.3 is 0 Å². The minimum absolute atomic E-state index is 0.241. The van der Waals surface area contributed by atoms with E-state index in [1.807, 2.05) is 36.5 Å². The lowest BCUT2D eigenvalue weighted by molar-refractivity contribution is 0.521. The van der Waals surface area contributed by atoms with Gasteiger partial charge in [-0.05, 0) is 48.0 Å². The SMILES string of the molecule is CN(C)S(=O)(=O)c1ccc(-c2cc3c(Nc4ccc5[nH]ccc5c4)c(C#N)cnc3s2)cc1. The van der Waals surface area contributed by atoms with Gasteiger partial charge in [-0.25, -0.2) is 17.7 Å². The number of nitriles is 1. The number of anilines is 2. The number of fused-ring (bicyclic) bond motifs is 2. The van der Waals surface area contributed by atoms with E-state index >= 15 is 0 Å². The molecular weight excluding hydrogens is 454 g/mol. The summed E-state index contributed by atoms with van der Waals surface area (Å²) in [5.41, 5.74) is 3.95. The summed E-state index contributed by atoms with van der Waals surface area (Å²) in [6, 6.07) is 19.0. The lowest BCUT2D eigenvalue weighted by atomic mass is 10.1. The number of benzene rings is 2. The molecule has 0 atom stereocenters. The number of pyridine rings is 1. The van der Waals surface area contributed by atoms with Gasteiger partial charge < -0.3 is 10.3 Å². The van der Waals surface area contributed by atoms with Crippen LogP contribution in [-0.4, -0.2) is 36.8 Å². The number of rotatable bonds is 5. The number of nitrogens with zero attached hydrogens (tertiary/aromatic N) is 3. The number of hydrogen-bond acceptors (Lipinski definition) is 6. The molecule has 0 radical (unpaired) electrons. The zero-order valence-corrected chi connectivity index (χ0v) is 19.5. The highest BCUT2D eigenvalue weighted by Gasteiger charge is 2.18. The Morgan fingerprint density at radius 2 is 1.88 bits per heavy atom. The zero-order chi connectivity index (χ0) is 23.2. The first-order valence-corrected chi connectivity index (χ1v) is 12.3. The predicted octanol–water partition coefficient (Wildman–Crippen LogP) is 5.31. The van der Waals surface area contributed by atoms with Gasteiger partial charge in [-0.15, -0.1) is 11.3 Å². The Hall–Kier alpha value is -3.71. The number of nitrogens with one attached hydrogen (secondary N) is 2. The van der Waals surface area contributed by atoms with E-state index in [1.165, 1.54) is 29.7 Å². The van der Waals surface area contributed by atoms with Crippen molar-refractivity contribution >= 4 is 53.9 Å². The summed E-state index contributed by atoms with van der Waals surface area (Å²) in [5, 5.41) is 15.0. The third-order valence-corrected chi connectivity index (χ3v) is 8.34. The maximum atomic E-state index is 12.4. The van der Waals surface area contributed by atoms with Crippen molar-refractivity contribution in [2.75, 3.05) is 19.4 Å². The molecule has 3 heterocycles. The first-order chi connectivity index (χ1) is 15.9. The molecule has 0 aliphatic rings. The summed E-state index contributed by atoms with van der Waals surface area (Å²) in [5.74, 6) is 0. The molecule has 9 heteroatoms. The minimum atomic E-state index is -3.49. The Kier molecular flexibility index (Phi) is 5.13. The van der Waals surface area contributed by atoms with Crippen LogP contribution in [0.2, 0.25) is 0 Å². The Bertz CT molecular complexity index is 1640. The van der Waals surface area contributed by atoms with Crippen LogP contribution in [-0.2, 0) is 10.0 Å². The zero-order valence-electron chi connectivity index (χ0n) is 17.8. The molecule has 164 valence electrons. The highest BCUT2D eigenvalue weighted by molar-refractivity contribution is 7.89. The van der Waals surface area contributed by atoms with Crippen LogP contribution < -0.4 is 5.32 Å². The molecule has 3 aromatic heterocycles. The topological polar surface area (TPSA) is 102 Å². The lowest BCUT2D eigenvalue weighted by Gasteiger charge is -2.11. The number of aromatic nitrogens is 2. The number of aromatic amines is 1. The second-order valence-corrected chi connectivity index (χ2v) is 10.9. The number of sulfonamides is 1. The molecule has 0 aliphatic heterocycles. The van der Waals surface area contributed by atoms with E-state index in [2.05, 4.69) is 21.4 Å². The van der Waals surface area contributed by atoms with Crippen LogP contribution in [0.3, 0.4) is 0 Å². The normalized spacial score (nSPS) is 11.8. The molecule has 5 aromatic rings. The van der Waals surface area contributed by atoms with Crippen LogP contribution in [0.5, 0.6) is 0 Å². The summed E-state index contributed by atoms with van der Waals surface area (Å²) in [7, 11) is -0.466. The second-order valence-electron chi connectivity index (χ2n) is 7.70. The van der Waals surface area contributed by atoms with Crippen LogP contribution in [0, 0.1) is 11.3 Å². The summed E-state index contributed by atoms with van der Waals surface area (Å²) in [6.45, 7) is 0. The molecule has 0 fully saturated rings. The Morgan fingerprint density at radius 1 is 1.09 bits per heavy atom.